The van der Waals surface area contributed by atoms with E-state index in [2.05, 4.69) is 15.6 Å². The van der Waals surface area contributed by atoms with Crippen molar-refractivity contribution in [3.63, 3.8) is 0 Å². The maximum Gasteiger partial charge on any atom is 0.356 e. The van der Waals surface area contributed by atoms with Crippen LogP contribution in [0, 0.1) is 0 Å². The van der Waals surface area contributed by atoms with Crippen LogP contribution >= 0.6 is 34.4 Å². The van der Waals surface area contributed by atoms with Crippen LogP contribution in [0.1, 0.15) is 40.3 Å². The zero-order valence-corrected chi connectivity index (χ0v) is 26.0. The number of ether oxygens (including phenoxy) is 1. The first-order valence-electron chi connectivity index (χ1n) is 14.0. The SMILES string of the molecule is CCC(=O)Nc1ncc(C2=C(C(=O)OC(c3ccccc3)c3ccccc3)N3C(=O)C(NC(=O)Cc4cccs4)C3SC2)s1. The normalized spacial score (nSPS) is 17.6. The highest BCUT2D eigenvalue weighted by molar-refractivity contribution is 8.00. The minimum absolute atomic E-state index is 0.122. The molecule has 12 heteroatoms. The third-order valence-corrected chi connectivity index (χ3v) is 10.3. The minimum Gasteiger partial charge on any atom is -0.448 e. The molecule has 44 heavy (non-hydrogen) atoms. The largest absolute Gasteiger partial charge is 0.448 e. The summed E-state index contributed by atoms with van der Waals surface area (Å²) in [6.07, 6.45) is 1.35. The van der Waals surface area contributed by atoms with E-state index >= 15 is 0 Å². The smallest absolute Gasteiger partial charge is 0.356 e. The molecule has 2 aliphatic heterocycles. The number of aromatic nitrogens is 1. The van der Waals surface area contributed by atoms with Gasteiger partial charge >= 0.3 is 5.97 Å². The fourth-order valence-corrected chi connectivity index (χ4v) is 8.06. The van der Waals surface area contributed by atoms with Gasteiger partial charge in [0.05, 0.1) is 11.3 Å². The molecule has 9 nitrogen and oxygen atoms in total. The molecule has 4 heterocycles. The van der Waals surface area contributed by atoms with Crippen LogP contribution in [0.15, 0.2) is 90.1 Å². The number of esters is 1. The molecule has 1 fully saturated rings. The van der Waals surface area contributed by atoms with Crippen molar-refractivity contribution in [2.75, 3.05) is 11.1 Å². The molecule has 0 aliphatic carbocycles. The summed E-state index contributed by atoms with van der Waals surface area (Å²) in [5, 5.41) is 7.45. The van der Waals surface area contributed by atoms with Crippen LogP contribution in [0.3, 0.4) is 0 Å². The Balaban J connectivity index is 1.32. The van der Waals surface area contributed by atoms with E-state index in [0.717, 1.165) is 16.0 Å². The van der Waals surface area contributed by atoms with Crippen molar-refractivity contribution in [3.8, 4) is 0 Å². The average Bonchev–Trinajstić information content (AvgIpc) is 3.74. The second-order valence-electron chi connectivity index (χ2n) is 10.1. The highest BCUT2D eigenvalue weighted by Crippen LogP contribution is 2.45. The molecule has 0 saturated carbocycles. The maximum absolute atomic E-state index is 14.2. The van der Waals surface area contributed by atoms with E-state index in [1.807, 2.05) is 78.2 Å². The summed E-state index contributed by atoms with van der Waals surface area (Å²) in [6.45, 7) is 1.75. The Hall–Kier alpha value is -4.26. The van der Waals surface area contributed by atoms with E-state index in [9.17, 15) is 19.2 Å². The van der Waals surface area contributed by atoms with Gasteiger partial charge in [0.2, 0.25) is 11.8 Å². The first-order valence-corrected chi connectivity index (χ1v) is 16.7. The van der Waals surface area contributed by atoms with Crippen LogP contribution in [0.4, 0.5) is 5.13 Å². The zero-order chi connectivity index (χ0) is 30.6. The fourth-order valence-electron chi connectivity index (χ4n) is 5.02. The van der Waals surface area contributed by atoms with E-state index < -0.39 is 23.5 Å². The third kappa shape index (κ3) is 6.19. The second kappa shape index (κ2) is 13.2. The number of rotatable bonds is 10. The lowest BCUT2D eigenvalue weighted by atomic mass is 10.0. The molecule has 224 valence electrons. The summed E-state index contributed by atoms with van der Waals surface area (Å²) >= 11 is 4.16. The van der Waals surface area contributed by atoms with Crippen molar-refractivity contribution < 1.29 is 23.9 Å². The van der Waals surface area contributed by atoms with Gasteiger partial charge in [-0.3, -0.25) is 19.3 Å². The molecule has 0 radical (unpaired) electrons. The molecule has 2 aromatic heterocycles. The lowest BCUT2D eigenvalue weighted by Gasteiger charge is -2.49. The van der Waals surface area contributed by atoms with Gasteiger partial charge in [-0.25, -0.2) is 9.78 Å². The fraction of sp³-hybridized carbons (Fsp3) is 0.219. The standard InChI is InChI=1S/C32H28N4O5S3/c1-2-24(37)35-32-33-17-23(44-32)22-18-43-30-26(34-25(38)16-21-14-9-15-42-21)29(39)36(30)27(22)31(40)41-28(19-10-5-3-6-11-19)20-12-7-4-8-13-20/h3-15,17,26,28,30H,2,16,18H2,1H3,(H,34,38)(H,33,35,37). The van der Waals surface area contributed by atoms with E-state index in [1.165, 1.54) is 39.3 Å². The molecule has 2 aliphatic rings. The summed E-state index contributed by atoms with van der Waals surface area (Å²) < 4.78 is 6.22. The number of thiazole rings is 1. The molecule has 2 unspecified atom stereocenters. The van der Waals surface area contributed by atoms with Crippen LogP contribution < -0.4 is 10.6 Å². The number of hydrogen-bond donors (Lipinski definition) is 2. The number of nitrogens with one attached hydrogen (secondary N) is 2. The summed E-state index contributed by atoms with van der Waals surface area (Å²) in [4.78, 5) is 59.9. The Labute approximate surface area is 266 Å². The Morgan fingerprint density at radius 1 is 1.00 bits per heavy atom. The molecule has 0 bridgehead atoms. The number of benzene rings is 2. The summed E-state index contributed by atoms with van der Waals surface area (Å²) in [5.41, 5.74) is 2.28. The van der Waals surface area contributed by atoms with Gasteiger partial charge in [-0.05, 0) is 22.6 Å². The van der Waals surface area contributed by atoms with Gasteiger partial charge in [0.25, 0.3) is 5.91 Å². The quantitative estimate of drug-likeness (QED) is 0.179. The number of hydrogen-bond acceptors (Lipinski definition) is 9. The number of amides is 3. The lowest BCUT2D eigenvalue weighted by molar-refractivity contribution is -0.154. The molecule has 2 aromatic carbocycles. The first-order chi connectivity index (χ1) is 21.4. The first kappa shape index (κ1) is 29.8. The number of carbonyl (C=O) groups excluding carboxylic acids is 4. The summed E-state index contributed by atoms with van der Waals surface area (Å²) in [5.74, 6) is -1.10. The molecule has 6 rings (SSSR count). The monoisotopic (exact) mass is 644 g/mol. The van der Waals surface area contributed by atoms with Gasteiger partial charge in [0.15, 0.2) is 11.2 Å². The zero-order valence-electron chi connectivity index (χ0n) is 23.6. The van der Waals surface area contributed by atoms with Gasteiger partial charge < -0.3 is 15.4 Å². The number of fused-ring (bicyclic) bond motifs is 1. The average molecular weight is 645 g/mol. The molecule has 2 atom stereocenters. The molecule has 3 amide bonds. The van der Waals surface area contributed by atoms with Gasteiger partial charge in [0.1, 0.15) is 17.1 Å². The van der Waals surface area contributed by atoms with E-state index in [0.29, 0.717) is 27.8 Å². The van der Waals surface area contributed by atoms with Crippen molar-refractivity contribution in [1.29, 1.82) is 0 Å². The van der Waals surface area contributed by atoms with Crippen LogP contribution in [0.25, 0.3) is 5.57 Å². The minimum atomic E-state index is -0.767. The number of β-lactam (4-membered cyclic amide) rings is 1. The number of nitrogens with zero attached hydrogens (tertiary/aromatic N) is 2. The molecule has 0 spiro atoms. The van der Waals surface area contributed by atoms with Gasteiger partial charge in [-0.15, -0.1) is 23.1 Å². The summed E-state index contributed by atoms with van der Waals surface area (Å²) in [6, 6.07) is 21.8. The molecule has 2 N–H and O–H groups in total. The lowest BCUT2D eigenvalue weighted by Crippen LogP contribution is -2.70. The number of thioether (sulfide) groups is 1. The Morgan fingerprint density at radius 2 is 1.70 bits per heavy atom. The third-order valence-electron chi connectivity index (χ3n) is 7.19. The number of carbonyl (C=O) groups is 4. The number of anilines is 1. The van der Waals surface area contributed by atoms with Crippen LogP contribution in [0.2, 0.25) is 0 Å². The van der Waals surface area contributed by atoms with Crippen molar-refractivity contribution >= 4 is 68.8 Å². The summed E-state index contributed by atoms with van der Waals surface area (Å²) in [7, 11) is 0. The van der Waals surface area contributed by atoms with Gasteiger partial charge in [-0.2, -0.15) is 0 Å². The number of thiophene rings is 1. The van der Waals surface area contributed by atoms with Crippen molar-refractivity contribution in [3.05, 3.63) is 111 Å². The highest BCUT2D eigenvalue weighted by atomic mass is 32.2. The van der Waals surface area contributed by atoms with Gasteiger partial charge in [0, 0.05) is 28.8 Å². The van der Waals surface area contributed by atoms with Crippen molar-refractivity contribution in [2.24, 2.45) is 0 Å². The Morgan fingerprint density at radius 3 is 2.34 bits per heavy atom. The molecular formula is C32H28N4O5S3. The van der Waals surface area contributed by atoms with Crippen LogP contribution in [-0.2, 0) is 30.3 Å². The molecule has 1 saturated heterocycles. The second-order valence-corrected chi connectivity index (χ2v) is 13.2. The van der Waals surface area contributed by atoms with E-state index in [-0.39, 0.29) is 29.8 Å². The molecular weight excluding hydrogens is 617 g/mol. The van der Waals surface area contributed by atoms with E-state index in [4.69, 9.17) is 4.74 Å². The van der Waals surface area contributed by atoms with Crippen LogP contribution in [-0.4, -0.2) is 50.7 Å². The van der Waals surface area contributed by atoms with Crippen LogP contribution in [0.5, 0.6) is 0 Å². The Kier molecular flexibility index (Phi) is 8.91. The predicted molar refractivity (Wildman–Crippen MR) is 172 cm³/mol. The van der Waals surface area contributed by atoms with Crippen molar-refractivity contribution in [1.82, 2.24) is 15.2 Å². The highest BCUT2D eigenvalue weighted by Gasteiger charge is 2.55. The maximum atomic E-state index is 14.2. The topological polar surface area (TPSA) is 118 Å². The molecule has 4 aromatic rings. The van der Waals surface area contributed by atoms with Crippen molar-refractivity contribution in [2.45, 2.75) is 37.3 Å². The predicted octanol–water partition coefficient (Wildman–Crippen LogP) is 5.24. The Bertz CT molecular complexity index is 1670. The van der Waals surface area contributed by atoms with Gasteiger partial charge in [-0.1, -0.05) is 85.0 Å². The van der Waals surface area contributed by atoms with E-state index in [1.54, 1.807) is 13.1 Å².